The largest absolute Gasteiger partial charge is 0.451 e. The lowest BCUT2D eigenvalue weighted by Crippen LogP contribution is -2.33. The standard InChI is InChI=1S/C18H16FNO3/c19-14-6-7-16-13(9-14)10-17(23-16)18(22)20-11-15(21)8-12-4-2-1-3-5-12/h1-7,9-10,15,21H,8,11H2,(H,20,22). The first-order valence-electron chi connectivity index (χ1n) is 7.31. The molecule has 0 spiro atoms. The molecule has 0 aliphatic heterocycles. The van der Waals surface area contributed by atoms with Gasteiger partial charge in [-0.1, -0.05) is 30.3 Å². The van der Waals surface area contributed by atoms with E-state index in [-0.39, 0.29) is 18.1 Å². The Morgan fingerprint density at radius 3 is 2.74 bits per heavy atom. The molecule has 0 saturated heterocycles. The Morgan fingerprint density at radius 2 is 1.96 bits per heavy atom. The number of rotatable bonds is 5. The van der Waals surface area contributed by atoms with E-state index in [4.69, 9.17) is 4.42 Å². The van der Waals surface area contributed by atoms with E-state index >= 15 is 0 Å². The highest BCUT2D eigenvalue weighted by Crippen LogP contribution is 2.20. The van der Waals surface area contributed by atoms with Crippen molar-refractivity contribution in [3.63, 3.8) is 0 Å². The fraction of sp³-hybridized carbons (Fsp3) is 0.167. The molecule has 1 heterocycles. The van der Waals surface area contributed by atoms with E-state index in [0.717, 1.165) is 5.56 Å². The van der Waals surface area contributed by atoms with Crippen molar-refractivity contribution in [3.05, 3.63) is 71.7 Å². The van der Waals surface area contributed by atoms with Crippen molar-refractivity contribution in [2.75, 3.05) is 6.54 Å². The maximum absolute atomic E-state index is 13.1. The van der Waals surface area contributed by atoms with Crippen molar-refractivity contribution in [3.8, 4) is 0 Å². The molecule has 0 radical (unpaired) electrons. The van der Waals surface area contributed by atoms with Crippen LogP contribution in [-0.4, -0.2) is 23.7 Å². The van der Waals surface area contributed by atoms with Crippen LogP contribution in [0.1, 0.15) is 16.1 Å². The lowest BCUT2D eigenvalue weighted by molar-refractivity contribution is 0.0891. The summed E-state index contributed by atoms with van der Waals surface area (Å²) in [6, 6.07) is 15.1. The van der Waals surface area contributed by atoms with E-state index in [9.17, 15) is 14.3 Å². The van der Waals surface area contributed by atoms with Crippen molar-refractivity contribution >= 4 is 16.9 Å². The molecule has 1 amide bonds. The lowest BCUT2D eigenvalue weighted by Gasteiger charge is -2.11. The molecular weight excluding hydrogens is 297 g/mol. The number of fused-ring (bicyclic) bond motifs is 1. The number of carbonyl (C=O) groups is 1. The second kappa shape index (κ2) is 6.62. The van der Waals surface area contributed by atoms with Crippen LogP contribution in [0.4, 0.5) is 4.39 Å². The van der Waals surface area contributed by atoms with Gasteiger partial charge in [-0.3, -0.25) is 4.79 Å². The molecule has 118 valence electrons. The van der Waals surface area contributed by atoms with Crippen molar-refractivity contribution in [1.82, 2.24) is 5.32 Å². The summed E-state index contributed by atoms with van der Waals surface area (Å²) in [7, 11) is 0. The normalized spacial score (nSPS) is 12.3. The van der Waals surface area contributed by atoms with Crippen LogP contribution in [-0.2, 0) is 6.42 Å². The number of amides is 1. The molecule has 0 aliphatic rings. The van der Waals surface area contributed by atoms with E-state index in [1.54, 1.807) is 0 Å². The highest BCUT2D eigenvalue weighted by Gasteiger charge is 2.14. The van der Waals surface area contributed by atoms with E-state index in [1.165, 1.54) is 24.3 Å². The molecule has 5 heteroatoms. The number of aliphatic hydroxyl groups excluding tert-OH is 1. The number of carbonyl (C=O) groups excluding carboxylic acids is 1. The SMILES string of the molecule is O=C(NCC(O)Cc1ccccc1)c1cc2cc(F)ccc2o1. The third-order valence-corrected chi connectivity index (χ3v) is 3.51. The smallest absolute Gasteiger partial charge is 0.287 e. The summed E-state index contributed by atoms with van der Waals surface area (Å²) in [6.45, 7) is 0.110. The summed E-state index contributed by atoms with van der Waals surface area (Å²) in [5, 5.41) is 13.1. The highest BCUT2D eigenvalue weighted by atomic mass is 19.1. The highest BCUT2D eigenvalue weighted by molar-refractivity contribution is 5.96. The Bertz CT molecular complexity index is 814. The lowest BCUT2D eigenvalue weighted by atomic mass is 10.1. The van der Waals surface area contributed by atoms with Crippen molar-refractivity contribution in [1.29, 1.82) is 0 Å². The van der Waals surface area contributed by atoms with Crippen LogP contribution >= 0.6 is 0 Å². The number of furan rings is 1. The first-order valence-corrected chi connectivity index (χ1v) is 7.31. The average molecular weight is 313 g/mol. The minimum absolute atomic E-state index is 0.0949. The third-order valence-electron chi connectivity index (χ3n) is 3.51. The average Bonchev–Trinajstić information content (AvgIpc) is 2.96. The Labute approximate surface area is 132 Å². The summed E-state index contributed by atoms with van der Waals surface area (Å²) in [6.07, 6.45) is -0.241. The molecule has 0 fully saturated rings. The summed E-state index contributed by atoms with van der Waals surface area (Å²) < 4.78 is 18.5. The van der Waals surface area contributed by atoms with Crippen LogP contribution in [0.3, 0.4) is 0 Å². The molecule has 23 heavy (non-hydrogen) atoms. The topological polar surface area (TPSA) is 62.5 Å². The van der Waals surface area contributed by atoms with Gasteiger partial charge in [0.15, 0.2) is 5.76 Å². The zero-order chi connectivity index (χ0) is 16.2. The van der Waals surface area contributed by atoms with Gasteiger partial charge in [-0.05, 0) is 29.8 Å². The first kappa shape index (κ1) is 15.2. The van der Waals surface area contributed by atoms with Crippen molar-refractivity contribution < 1.29 is 18.7 Å². The molecule has 2 N–H and O–H groups in total. The van der Waals surface area contributed by atoms with Gasteiger partial charge in [-0.15, -0.1) is 0 Å². The maximum atomic E-state index is 13.1. The minimum Gasteiger partial charge on any atom is -0.451 e. The van der Waals surface area contributed by atoms with Crippen LogP contribution in [0, 0.1) is 5.82 Å². The number of halogens is 1. The Morgan fingerprint density at radius 1 is 1.17 bits per heavy atom. The van der Waals surface area contributed by atoms with Gasteiger partial charge in [0.05, 0.1) is 6.10 Å². The van der Waals surface area contributed by atoms with Crippen LogP contribution in [0.25, 0.3) is 11.0 Å². The van der Waals surface area contributed by atoms with E-state index < -0.39 is 12.0 Å². The molecule has 1 unspecified atom stereocenters. The molecule has 0 bridgehead atoms. The van der Waals surface area contributed by atoms with Gasteiger partial charge in [-0.2, -0.15) is 0 Å². The van der Waals surface area contributed by atoms with Crippen molar-refractivity contribution in [2.45, 2.75) is 12.5 Å². The number of aliphatic hydroxyl groups is 1. The predicted octanol–water partition coefficient (Wildman–Crippen LogP) is 2.91. The van der Waals surface area contributed by atoms with E-state index in [1.807, 2.05) is 30.3 Å². The Hall–Kier alpha value is -2.66. The second-order valence-corrected chi connectivity index (χ2v) is 5.35. The number of hydrogen-bond donors (Lipinski definition) is 2. The van der Waals surface area contributed by atoms with Gasteiger partial charge in [0.25, 0.3) is 5.91 Å². The molecule has 2 aromatic carbocycles. The molecule has 4 nitrogen and oxygen atoms in total. The summed E-state index contributed by atoms with van der Waals surface area (Å²) in [4.78, 5) is 12.0. The number of benzene rings is 2. The monoisotopic (exact) mass is 313 g/mol. The second-order valence-electron chi connectivity index (χ2n) is 5.35. The number of hydrogen-bond acceptors (Lipinski definition) is 3. The van der Waals surface area contributed by atoms with Gasteiger partial charge in [0.1, 0.15) is 11.4 Å². The van der Waals surface area contributed by atoms with Crippen molar-refractivity contribution in [2.24, 2.45) is 0 Å². The number of nitrogens with one attached hydrogen (secondary N) is 1. The fourth-order valence-corrected chi connectivity index (χ4v) is 2.38. The molecule has 3 aromatic rings. The zero-order valence-electron chi connectivity index (χ0n) is 12.3. The molecule has 1 atom stereocenters. The Balaban J connectivity index is 1.59. The molecule has 0 saturated carbocycles. The quantitative estimate of drug-likeness (QED) is 0.761. The molecule has 0 aliphatic carbocycles. The zero-order valence-corrected chi connectivity index (χ0v) is 12.3. The third kappa shape index (κ3) is 3.76. The Kier molecular flexibility index (Phi) is 4.39. The van der Waals surface area contributed by atoms with Gasteiger partial charge >= 0.3 is 0 Å². The van der Waals surface area contributed by atoms with E-state index in [2.05, 4.69) is 5.32 Å². The summed E-state index contributed by atoms with van der Waals surface area (Å²) in [5.74, 6) is -0.727. The molecule has 3 rings (SSSR count). The summed E-state index contributed by atoms with van der Waals surface area (Å²) in [5.41, 5.74) is 1.44. The van der Waals surface area contributed by atoms with Crippen LogP contribution < -0.4 is 5.32 Å². The molecule has 1 aromatic heterocycles. The van der Waals surface area contributed by atoms with Gasteiger partial charge < -0.3 is 14.8 Å². The van der Waals surface area contributed by atoms with Gasteiger partial charge in [0, 0.05) is 18.4 Å². The van der Waals surface area contributed by atoms with Crippen LogP contribution in [0.15, 0.2) is 59.0 Å². The first-order chi connectivity index (χ1) is 11.1. The van der Waals surface area contributed by atoms with Crippen LogP contribution in [0.2, 0.25) is 0 Å². The fourth-order valence-electron chi connectivity index (χ4n) is 2.38. The minimum atomic E-state index is -0.692. The van der Waals surface area contributed by atoms with Crippen LogP contribution in [0.5, 0.6) is 0 Å². The summed E-state index contributed by atoms with van der Waals surface area (Å²) >= 11 is 0. The van der Waals surface area contributed by atoms with Gasteiger partial charge in [-0.25, -0.2) is 4.39 Å². The van der Waals surface area contributed by atoms with Gasteiger partial charge in [0.2, 0.25) is 0 Å². The predicted molar refractivity (Wildman–Crippen MR) is 84.7 cm³/mol. The molecular formula is C18H16FNO3. The van der Waals surface area contributed by atoms with E-state index in [0.29, 0.717) is 17.4 Å². The maximum Gasteiger partial charge on any atom is 0.287 e.